The van der Waals surface area contributed by atoms with E-state index in [4.69, 9.17) is 16.3 Å². The molecule has 0 amide bonds. The van der Waals surface area contributed by atoms with Crippen molar-refractivity contribution in [3.8, 4) is 11.1 Å². The quantitative estimate of drug-likeness (QED) is 0.640. The first-order valence-corrected chi connectivity index (χ1v) is 10.8. The summed E-state index contributed by atoms with van der Waals surface area (Å²) in [4.78, 5) is 9.82. The van der Waals surface area contributed by atoms with Crippen LogP contribution < -0.4 is 5.32 Å². The van der Waals surface area contributed by atoms with Gasteiger partial charge in [0.2, 0.25) is 0 Å². The van der Waals surface area contributed by atoms with E-state index in [9.17, 15) is 4.39 Å². The van der Waals surface area contributed by atoms with Crippen LogP contribution in [-0.4, -0.2) is 69.2 Å². The maximum absolute atomic E-state index is 15.0. The molecule has 9 heteroatoms. The standard InChI is InChI=1S/C21H26ClFN6O/c1-12(2)27-20-15(6-24-21-19(20)16(22)7-25-21)13-5-26-29(8-13)18-3-4-28(9-17(18)23)14-10-30-11-14/h5-8,12,14,17-18H,3-4,9-11H2,1-2H3,(H2,24,25,27)/t17-,18-/m0/s1. The number of fused-ring (bicyclic) bond motifs is 1. The topological polar surface area (TPSA) is 71.0 Å². The lowest BCUT2D eigenvalue weighted by atomic mass is 10.0. The van der Waals surface area contributed by atoms with Crippen LogP contribution >= 0.6 is 11.6 Å². The number of H-pyrrole nitrogens is 1. The van der Waals surface area contributed by atoms with Gasteiger partial charge in [-0.25, -0.2) is 9.37 Å². The van der Waals surface area contributed by atoms with E-state index in [1.54, 1.807) is 17.1 Å². The summed E-state index contributed by atoms with van der Waals surface area (Å²) in [6.45, 7) is 6.88. The van der Waals surface area contributed by atoms with E-state index in [1.807, 2.05) is 12.4 Å². The molecule has 3 aromatic heterocycles. The molecule has 2 saturated heterocycles. The Balaban J connectivity index is 1.44. The highest BCUT2D eigenvalue weighted by Gasteiger charge is 2.36. The summed E-state index contributed by atoms with van der Waals surface area (Å²) < 4.78 is 22.0. The van der Waals surface area contributed by atoms with Crippen LogP contribution in [0.4, 0.5) is 10.1 Å². The Hall–Kier alpha value is -2.16. The molecule has 7 nitrogen and oxygen atoms in total. The van der Waals surface area contributed by atoms with Crippen LogP contribution in [-0.2, 0) is 4.74 Å². The summed E-state index contributed by atoms with van der Waals surface area (Å²) in [5.41, 5.74) is 3.45. The number of hydrogen-bond acceptors (Lipinski definition) is 5. The van der Waals surface area contributed by atoms with Gasteiger partial charge < -0.3 is 15.0 Å². The fourth-order valence-electron chi connectivity index (χ4n) is 4.35. The van der Waals surface area contributed by atoms with Crippen molar-refractivity contribution in [1.29, 1.82) is 0 Å². The summed E-state index contributed by atoms with van der Waals surface area (Å²) in [7, 11) is 0. The van der Waals surface area contributed by atoms with Gasteiger partial charge in [0.15, 0.2) is 0 Å². The van der Waals surface area contributed by atoms with E-state index in [2.05, 4.69) is 39.1 Å². The second-order valence-electron chi connectivity index (χ2n) is 8.47. The number of aromatic amines is 1. The molecule has 160 valence electrons. The Morgan fingerprint density at radius 3 is 2.87 bits per heavy atom. The fourth-order valence-corrected chi connectivity index (χ4v) is 4.59. The highest BCUT2D eigenvalue weighted by atomic mass is 35.5. The zero-order valence-corrected chi connectivity index (χ0v) is 17.9. The molecule has 0 bridgehead atoms. The van der Waals surface area contributed by atoms with Crippen molar-refractivity contribution >= 4 is 28.3 Å². The molecule has 2 aliphatic heterocycles. The molecule has 30 heavy (non-hydrogen) atoms. The molecule has 2 fully saturated rings. The highest BCUT2D eigenvalue weighted by Crippen LogP contribution is 2.38. The number of piperidine rings is 1. The number of aromatic nitrogens is 4. The molecular weight excluding hydrogens is 407 g/mol. The smallest absolute Gasteiger partial charge is 0.140 e. The fraction of sp³-hybridized carbons (Fsp3) is 0.524. The number of pyridine rings is 1. The van der Waals surface area contributed by atoms with Crippen molar-refractivity contribution in [2.75, 3.05) is 31.6 Å². The van der Waals surface area contributed by atoms with E-state index in [-0.39, 0.29) is 12.1 Å². The molecule has 2 atom stereocenters. The van der Waals surface area contributed by atoms with Crippen LogP contribution in [0.1, 0.15) is 26.3 Å². The molecule has 5 heterocycles. The van der Waals surface area contributed by atoms with Gasteiger partial charge in [0.05, 0.1) is 47.6 Å². The molecule has 0 aromatic carbocycles. The average Bonchev–Trinajstić information content (AvgIpc) is 3.28. The van der Waals surface area contributed by atoms with Crippen molar-refractivity contribution in [3.63, 3.8) is 0 Å². The minimum atomic E-state index is -0.958. The molecule has 2 N–H and O–H groups in total. The molecule has 0 aliphatic carbocycles. The van der Waals surface area contributed by atoms with E-state index < -0.39 is 6.17 Å². The van der Waals surface area contributed by atoms with Gasteiger partial charge in [0.1, 0.15) is 11.8 Å². The Labute approximate surface area is 179 Å². The number of anilines is 1. The summed E-state index contributed by atoms with van der Waals surface area (Å²) in [5, 5.41) is 9.49. The highest BCUT2D eigenvalue weighted by molar-refractivity contribution is 6.36. The molecule has 2 aliphatic rings. The molecule has 0 radical (unpaired) electrons. The maximum Gasteiger partial charge on any atom is 0.140 e. The minimum absolute atomic E-state index is 0.213. The zero-order chi connectivity index (χ0) is 20.8. The van der Waals surface area contributed by atoms with Gasteiger partial charge in [-0.1, -0.05) is 11.6 Å². The van der Waals surface area contributed by atoms with Gasteiger partial charge in [-0.05, 0) is 20.3 Å². The predicted molar refractivity (Wildman–Crippen MR) is 116 cm³/mol. The normalized spacial score (nSPS) is 23.2. The number of likely N-dealkylation sites (tertiary alicyclic amines) is 1. The second kappa shape index (κ2) is 7.83. The Morgan fingerprint density at radius 2 is 2.17 bits per heavy atom. The number of halogens is 2. The van der Waals surface area contributed by atoms with Crippen LogP contribution in [0.5, 0.6) is 0 Å². The lowest BCUT2D eigenvalue weighted by Crippen LogP contribution is -2.55. The number of rotatable bonds is 5. The molecule has 0 unspecified atom stereocenters. The van der Waals surface area contributed by atoms with Crippen molar-refractivity contribution in [2.45, 2.75) is 44.6 Å². The first kappa shape index (κ1) is 19.8. The van der Waals surface area contributed by atoms with Crippen LogP contribution in [0.3, 0.4) is 0 Å². The summed E-state index contributed by atoms with van der Waals surface area (Å²) in [5.74, 6) is 0. The van der Waals surface area contributed by atoms with Gasteiger partial charge in [-0.3, -0.25) is 9.58 Å². The third-order valence-corrected chi connectivity index (χ3v) is 6.31. The van der Waals surface area contributed by atoms with E-state index in [0.717, 1.165) is 40.8 Å². The van der Waals surface area contributed by atoms with Crippen molar-refractivity contribution in [3.05, 3.63) is 29.8 Å². The SMILES string of the molecule is CC(C)Nc1c(-c2cnn([C@H]3CCN(C4COC4)C[C@@H]3F)c2)cnc2[nH]cc(Cl)c12. The lowest BCUT2D eigenvalue weighted by Gasteiger charge is -2.42. The number of alkyl halides is 1. The average molecular weight is 433 g/mol. The van der Waals surface area contributed by atoms with Crippen LogP contribution in [0.15, 0.2) is 24.8 Å². The second-order valence-corrected chi connectivity index (χ2v) is 8.88. The van der Waals surface area contributed by atoms with Gasteiger partial charge in [0.25, 0.3) is 0 Å². The van der Waals surface area contributed by atoms with Gasteiger partial charge in [-0.15, -0.1) is 0 Å². The Kier molecular flexibility index (Phi) is 5.16. The molecule has 0 spiro atoms. The van der Waals surface area contributed by atoms with Crippen LogP contribution in [0.2, 0.25) is 5.02 Å². The van der Waals surface area contributed by atoms with E-state index >= 15 is 0 Å². The molecule has 0 saturated carbocycles. The van der Waals surface area contributed by atoms with Gasteiger partial charge in [-0.2, -0.15) is 5.10 Å². The molecule has 3 aromatic rings. The Bertz CT molecular complexity index is 1050. The summed E-state index contributed by atoms with van der Waals surface area (Å²) >= 11 is 6.43. The Morgan fingerprint density at radius 1 is 1.33 bits per heavy atom. The number of nitrogens with zero attached hydrogens (tertiary/aromatic N) is 4. The summed E-state index contributed by atoms with van der Waals surface area (Å²) in [6.07, 6.45) is 7.04. The van der Waals surface area contributed by atoms with Crippen molar-refractivity contribution in [2.24, 2.45) is 0 Å². The van der Waals surface area contributed by atoms with Gasteiger partial charge in [0, 0.05) is 48.8 Å². The largest absolute Gasteiger partial charge is 0.382 e. The van der Waals surface area contributed by atoms with Crippen molar-refractivity contribution in [1.82, 2.24) is 24.6 Å². The lowest BCUT2D eigenvalue weighted by molar-refractivity contribution is -0.0847. The molecule has 5 rings (SSSR count). The first-order chi connectivity index (χ1) is 14.5. The third-order valence-electron chi connectivity index (χ3n) is 6.01. The van der Waals surface area contributed by atoms with Crippen LogP contribution in [0.25, 0.3) is 22.2 Å². The minimum Gasteiger partial charge on any atom is -0.382 e. The predicted octanol–water partition coefficient (Wildman–Crippen LogP) is 3.88. The molecular formula is C21H26ClFN6O. The van der Waals surface area contributed by atoms with E-state index in [1.165, 1.54) is 0 Å². The monoisotopic (exact) mass is 432 g/mol. The van der Waals surface area contributed by atoms with E-state index in [0.29, 0.717) is 30.8 Å². The first-order valence-electron chi connectivity index (χ1n) is 10.4. The summed E-state index contributed by atoms with van der Waals surface area (Å²) in [6, 6.07) is 0.321. The third kappa shape index (κ3) is 3.46. The number of ether oxygens (including phenoxy) is 1. The maximum atomic E-state index is 15.0. The van der Waals surface area contributed by atoms with Crippen LogP contribution in [0, 0.1) is 0 Å². The number of hydrogen-bond donors (Lipinski definition) is 2. The van der Waals surface area contributed by atoms with Gasteiger partial charge >= 0.3 is 0 Å². The zero-order valence-electron chi connectivity index (χ0n) is 17.1. The number of nitrogens with one attached hydrogen (secondary N) is 2. The van der Waals surface area contributed by atoms with Crippen molar-refractivity contribution < 1.29 is 9.13 Å².